The Hall–Kier alpha value is -0.260. The van der Waals surface area contributed by atoms with Crippen LogP contribution in [-0.2, 0) is 4.74 Å². The van der Waals surface area contributed by atoms with E-state index in [0.29, 0.717) is 6.54 Å². The molecule has 10 heavy (non-hydrogen) atoms. The van der Waals surface area contributed by atoms with E-state index in [4.69, 9.17) is 4.74 Å². The molecule has 0 radical (unpaired) electrons. The summed E-state index contributed by atoms with van der Waals surface area (Å²) >= 11 is 1.96. The van der Waals surface area contributed by atoms with E-state index in [0.717, 1.165) is 0 Å². The summed E-state index contributed by atoms with van der Waals surface area (Å²) in [5.74, 6) is 0. The van der Waals surface area contributed by atoms with Crippen molar-refractivity contribution in [2.75, 3.05) is 6.54 Å². The summed E-state index contributed by atoms with van der Waals surface area (Å²) in [6.07, 6.45) is 1.15. The Morgan fingerprint density at radius 1 is 2.00 bits per heavy atom. The van der Waals surface area contributed by atoms with Crippen molar-refractivity contribution in [3.63, 3.8) is 0 Å². The van der Waals surface area contributed by atoms with Crippen LogP contribution in [0.3, 0.4) is 0 Å². The fraction of sp³-hybridized carbons (Fsp3) is 0.500. The molecule has 58 valence electrons. The Kier molecular flexibility index (Phi) is 5.38. The second-order valence-electron chi connectivity index (χ2n) is 1.52. The van der Waals surface area contributed by atoms with Crippen molar-refractivity contribution >= 4 is 28.7 Å². The molecule has 4 heteroatoms. The Labute approximate surface area is 74.0 Å². The number of carbonyl (C=O) groups is 1. The molecule has 0 heterocycles. The molecule has 0 aliphatic carbocycles. The molecule has 0 aromatic carbocycles. The second kappa shape index (κ2) is 5.52. The molecule has 0 aromatic rings. The van der Waals surface area contributed by atoms with Crippen LogP contribution in [-0.4, -0.2) is 16.7 Å². The lowest BCUT2D eigenvalue weighted by atomic mass is 10.7. The number of ether oxygens (including phenoxy) is 1. The number of rotatable bonds is 3. The third-order valence-electron chi connectivity index (χ3n) is 0.726. The van der Waals surface area contributed by atoms with Gasteiger partial charge >= 0.3 is 6.09 Å². The molecule has 0 bridgehead atoms. The molecule has 0 aliphatic heterocycles. The summed E-state index contributed by atoms with van der Waals surface area (Å²) in [6, 6.07) is 0. The van der Waals surface area contributed by atoms with Crippen molar-refractivity contribution in [3.8, 4) is 0 Å². The average molecular weight is 255 g/mol. The summed E-state index contributed by atoms with van der Waals surface area (Å²) < 4.78 is 4.51. The minimum absolute atomic E-state index is 0.246. The fourth-order valence-electron chi connectivity index (χ4n) is 0.336. The van der Waals surface area contributed by atoms with Crippen LogP contribution in [0.15, 0.2) is 12.7 Å². The van der Waals surface area contributed by atoms with E-state index in [1.54, 1.807) is 6.08 Å². The Morgan fingerprint density at radius 2 is 2.60 bits per heavy atom. The van der Waals surface area contributed by atoms with E-state index in [1.807, 2.05) is 29.5 Å². The third-order valence-corrected chi connectivity index (χ3v) is 1.49. The van der Waals surface area contributed by atoms with Crippen molar-refractivity contribution in [2.45, 2.75) is 11.0 Å². The predicted octanol–water partition coefficient (Wildman–Crippen LogP) is 1.68. The first-order valence-corrected chi connectivity index (χ1v) is 4.16. The Balaban J connectivity index is 3.46. The van der Waals surface area contributed by atoms with Gasteiger partial charge in [-0.15, -0.1) is 0 Å². The monoisotopic (exact) mass is 255 g/mol. The SMILES string of the molecule is C=CC(I)OC(=O)NCC. The minimum atomic E-state index is -0.401. The number of carbonyl (C=O) groups excluding carboxylic acids is 1. The smallest absolute Gasteiger partial charge is 0.408 e. The normalized spacial score (nSPS) is 11.8. The van der Waals surface area contributed by atoms with Crippen molar-refractivity contribution < 1.29 is 9.53 Å². The van der Waals surface area contributed by atoms with Crippen molar-refractivity contribution in [2.24, 2.45) is 0 Å². The number of nitrogens with one attached hydrogen (secondary N) is 1. The first kappa shape index (κ1) is 9.74. The standard InChI is InChI=1S/C6H10INO2/c1-3-5(7)10-6(9)8-4-2/h3,5H,1,4H2,2H3,(H,8,9). The van der Waals surface area contributed by atoms with Gasteiger partial charge < -0.3 is 10.1 Å². The van der Waals surface area contributed by atoms with Crippen LogP contribution in [0.1, 0.15) is 6.92 Å². The quantitative estimate of drug-likeness (QED) is 0.473. The molecular weight excluding hydrogens is 245 g/mol. The number of hydrogen-bond donors (Lipinski definition) is 1. The van der Waals surface area contributed by atoms with Crippen LogP contribution >= 0.6 is 22.6 Å². The minimum Gasteiger partial charge on any atom is -0.431 e. The van der Waals surface area contributed by atoms with Crippen molar-refractivity contribution in [1.82, 2.24) is 5.32 Å². The van der Waals surface area contributed by atoms with Crippen molar-refractivity contribution in [3.05, 3.63) is 12.7 Å². The van der Waals surface area contributed by atoms with Crippen LogP contribution in [0.5, 0.6) is 0 Å². The Bertz CT molecular complexity index is 127. The maximum Gasteiger partial charge on any atom is 0.408 e. The molecular formula is C6H10INO2. The maximum atomic E-state index is 10.6. The van der Waals surface area contributed by atoms with Gasteiger partial charge in [-0.1, -0.05) is 6.58 Å². The first-order chi connectivity index (χ1) is 4.70. The predicted molar refractivity (Wildman–Crippen MR) is 48.2 cm³/mol. The van der Waals surface area contributed by atoms with Crippen LogP contribution in [0, 0.1) is 0 Å². The highest BCUT2D eigenvalue weighted by Crippen LogP contribution is 2.02. The number of hydrogen-bond acceptors (Lipinski definition) is 2. The second-order valence-corrected chi connectivity index (χ2v) is 2.75. The summed E-state index contributed by atoms with van der Waals surface area (Å²) in [5.41, 5.74) is 0. The number of alkyl halides is 1. The van der Waals surface area contributed by atoms with Crippen LogP contribution in [0.2, 0.25) is 0 Å². The van der Waals surface area contributed by atoms with E-state index >= 15 is 0 Å². The van der Waals surface area contributed by atoms with Gasteiger partial charge in [-0.3, -0.25) is 0 Å². The molecule has 3 nitrogen and oxygen atoms in total. The number of amides is 1. The lowest BCUT2D eigenvalue weighted by molar-refractivity contribution is 0.154. The fourth-order valence-corrected chi connectivity index (χ4v) is 0.567. The molecule has 0 rings (SSSR count). The van der Waals surface area contributed by atoms with Gasteiger partial charge in [0.05, 0.1) is 0 Å². The van der Waals surface area contributed by atoms with Gasteiger partial charge in [-0.05, 0) is 35.6 Å². The lowest BCUT2D eigenvalue weighted by Crippen LogP contribution is -2.25. The van der Waals surface area contributed by atoms with E-state index in [-0.39, 0.29) is 4.11 Å². The number of halogens is 1. The highest BCUT2D eigenvalue weighted by molar-refractivity contribution is 14.1. The third kappa shape index (κ3) is 4.60. The molecule has 0 aromatic heterocycles. The summed E-state index contributed by atoms with van der Waals surface area (Å²) in [6.45, 7) is 5.87. The van der Waals surface area contributed by atoms with E-state index in [1.165, 1.54) is 0 Å². The molecule has 1 amide bonds. The van der Waals surface area contributed by atoms with Gasteiger partial charge in [-0.2, -0.15) is 0 Å². The molecule has 0 aliphatic rings. The summed E-state index contributed by atoms with van der Waals surface area (Å²) in [5, 5.41) is 2.50. The van der Waals surface area contributed by atoms with Gasteiger partial charge in [0.15, 0.2) is 4.11 Å². The topological polar surface area (TPSA) is 38.3 Å². The maximum absolute atomic E-state index is 10.6. The zero-order valence-electron chi connectivity index (χ0n) is 5.76. The zero-order chi connectivity index (χ0) is 7.98. The molecule has 1 atom stereocenters. The van der Waals surface area contributed by atoms with E-state index in [9.17, 15) is 4.79 Å². The highest BCUT2D eigenvalue weighted by atomic mass is 127. The molecule has 0 spiro atoms. The average Bonchev–Trinajstić information content (AvgIpc) is 1.88. The lowest BCUT2D eigenvalue weighted by Gasteiger charge is -2.06. The summed E-state index contributed by atoms with van der Waals surface area (Å²) in [7, 11) is 0. The number of alkyl carbamates (subject to hydrolysis) is 1. The molecule has 1 unspecified atom stereocenters. The van der Waals surface area contributed by atoms with Gasteiger partial charge in [0.2, 0.25) is 0 Å². The van der Waals surface area contributed by atoms with Crippen LogP contribution < -0.4 is 5.32 Å². The van der Waals surface area contributed by atoms with Gasteiger partial charge in [0.1, 0.15) is 0 Å². The van der Waals surface area contributed by atoms with Gasteiger partial charge in [-0.25, -0.2) is 4.79 Å². The Morgan fingerprint density at radius 3 is 3.00 bits per heavy atom. The van der Waals surface area contributed by atoms with Crippen molar-refractivity contribution in [1.29, 1.82) is 0 Å². The molecule has 0 saturated heterocycles. The van der Waals surface area contributed by atoms with Crippen LogP contribution in [0.25, 0.3) is 0 Å². The first-order valence-electron chi connectivity index (χ1n) is 2.91. The molecule has 0 fully saturated rings. The van der Waals surface area contributed by atoms with E-state index < -0.39 is 6.09 Å². The van der Waals surface area contributed by atoms with Crippen LogP contribution in [0.4, 0.5) is 4.79 Å². The zero-order valence-corrected chi connectivity index (χ0v) is 7.92. The largest absolute Gasteiger partial charge is 0.431 e. The van der Waals surface area contributed by atoms with Gasteiger partial charge in [0.25, 0.3) is 0 Å². The van der Waals surface area contributed by atoms with Gasteiger partial charge in [0, 0.05) is 6.54 Å². The van der Waals surface area contributed by atoms with E-state index in [2.05, 4.69) is 11.9 Å². The molecule has 1 N–H and O–H groups in total. The summed E-state index contributed by atoms with van der Waals surface area (Å²) in [4.78, 5) is 10.6. The highest BCUT2D eigenvalue weighted by Gasteiger charge is 2.03. The molecule has 0 saturated carbocycles.